The molecule has 1 aliphatic rings. The third kappa shape index (κ3) is 8.19. The van der Waals surface area contributed by atoms with Crippen molar-refractivity contribution in [3.63, 3.8) is 0 Å². The van der Waals surface area contributed by atoms with Crippen molar-refractivity contribution in [3.8, 4) is 5.75 Å². The average molecular weight is 557 g/mol. The van der Waals surface area contributed by atoms with Crippen LogP contribution in [0.3, 0.4) is 0 Å². The summed E-state index contributed by atoms with van der Waals surface area (Å²) in [6.07, 6.45) is 4.27. The number of hydrogen-bond donors (Lipinski definition) is 1. The van der Waals surface area contributed by atoms with E-state index in [1.54, 1.807) is 19.2 Å². The highest BCUT2D eigenvalue weighted by Gasteiger charge is 2.33. The zero-order chi connectivity index (χ0) is 28.5. The van der Waals surface area contributed by atoms with Gasteiger partial charge in [-0.2, -0.15) is 13.2 Å². The number of hydrogen-bond acceptors (Lipinski definition) is 4. The van der Waals surface area contributed by atoms with Crippen LogP contribution in [-0.4, -0.2) is 47.7 Å². The third-order valence-corrected chi connectivity index (χ3v) is 8.26. The van der Waals surface area contributed by atoms with Gasteiger partial charge in [-0.05, 0) is 118 Å². The van der Waals surface area contributed by atoms with E-state index in [1.165, 1.54) is 11.6 Å². The highest BCUT2D eigenvalue weighted by molar-refractivity contribution is 5.83. The molecule has 0 saturated carbocycles. The molecule has 1 aromatic heterocycles. The van der Waals surface area contributed by atoms with Crippen LogP contribution in [0.2, 0.25) is 0 Å². The summed E-state index contributed by atoms with van der Waals surface area (Å²) in [5, 5.41) is 10.4. The fraction of sp³-hybridized carbons (Fsp3) is 0.500. The van der Waals surface area contributed by atoms with E-state index in [9.17, 15) is 23.1 Å². The maximum atomic E-state index is 13.3. The summed E-state index contributed by atoms with van der Waals surface area (Å²) in [6, 6.07) is 13.8. The van der Waals surface area contributed by atoms with Crippen LogP contribution >= 0.6 is 0 Å². The summed E-state index contributed by atoms with van der Waals surface area (Å²) < 4.78 is 45.3. The molecule has 2 heterocycles. The number of aryl methyl sites for hydroxylation is 2. The first kappa shape index (κ1) is 29.8. The Morgan fingerprint density at radius 2 is 1.82 bits per heavy atom. The zero-order valence-electron chi connectivity index (χ0n) is 23.1. The van der Waals surface area contributed by atoms with Gasteiger partial charge in [0.2, 0.25) is 0 Å². The van der Waals surface area contributed by atoms with Gasteiger partial charge in [0.05, 0.1) is 18.2 Å². The van der Waals surface area contributed by atoms with Crippen molar-refractivity contribution in [1.29, 1.82) is 0 Å². The number of piperidine rings is 1. The minimum absolute atomic E-state index is 0.165. The van der Waals surface area contributed by atoms with Crippen LogP contribution in [0.15, 0.2) is 54.7 Å². The molecule has 2 aromatic carbocycles. The molecule has 0 unspecified atom stereocenters. The van der Waals surface area contributed by atoms with E-state index in [4.69, 9.17) is 4.74 Å². The van der Waals surface area contributed by atoms with Crippen LogP contribution in [0.1, 0.15) is 61.6 Å². The maximum absolute atomic E-state index is 13.3. The van der Waals surface area contributed by atoms with Gasteiger partial charge in [-0.15, -0.1) is 0 Å². The van der Waals surface area contributed by atoms with E-state index in [1.807, 2.05) is 24.4 Å². The molecule has 0 radical (unpaired) electrons. The largest absolute Gasteiger partial charge is 0.497 e. The molecule has 1 saturated heterocycles. The quantitative estimate of drug-likeness (QED) is 0.222. The second-order valence-electron chi connectivity index (χ2n) is 10.9. The van der Waals surface area contributed by atoms with Crippen LogP contribution in [0, 0.1) is 11.8 Å². The molecule has 8 heteroatoms. The maximum Gasteiger partial charge on any atom is 0.416 e. The number of carboxylic acid groups (broad SMARTS) is 1. The molecule has 2 atom stereocenters. The number of pyridine rings is 1. The van der Waals surface area contributed by atoms with Crippen molar-refractivity contribution < 1.29 is 27.8 Å². The van der Waals surface area contributed by atoms with E-state index in [-0.39, 0.29) is 6.42 Å². The number of carbonyl (C=O) groups is 1. The van der Waals surface area contributed by atoms with Crippen molar-refractivity contribution in [2.75, 3.05) is 26.7 Å². The lowest BCUT2D eigenvalue weighted by atomic mass is 9.79. The van der Waals surface area contributed by atoms with Gasteiger partial charge in [-0.25, -0.2) is 0 Å². The summed E-state index contributed by atoms with van der Waals surface area (Å²) >= 11 is 0. The Bertz CT molecular complexity index is 1260. The molecule has 1 fully saturated rings. The van der Waals surface area contributed by atoms with Crippen LogP contribution < -0.4 is 4.74 Å². The highest BCUT2D eigenvalue weighted by atomic mass is 19.4. The molecule has 5 nitrogen and oxygen atoms in total. The van der Waals surface area contributed by atoms with Crippen LogP contribution in [0.25, 0.3) is 10.9 Å². The van der Waals surface area contributed by atoms with Gasteiger partial charge in [0.15, 0.2) is 0 Å². The molecule has 1 N–H and O–H groups in total. The fourth-order valence-corrected chi connectivity index (χ4v) is 6.12. The van der Waals surface area contributed by atoms with Crippen molar-refractivity contribution >= 4 is 16.9 Å². The lowest BCUT2D eigenvalue weighted by molar-refractivity contribution is -0.138. The Balaban J connectivity index is 1.29. The van der Waals surface area contributed by atoms with Gasteiger partial charge in [-0.1, -0.05) is 18.2 Å². The minimum Gasteiger partial charge on any atom is -0.497 e. The zero-order valence-corrected chi connectivity index (χ0v) is 23.1. The van der Waals surface area contributed by atoms with Gasteiger partial charge in [0, 0.05) is 24.5 Å². The van der Waals surface area contributed by atoms with Gasteiger partial charge < -0.3 is 14.7 Å². The lowest BCUT2D eigenvalue weighted by Gasteiger charge is -2.39. The Labute approximate surface area is 234 Å². The Kier molecular flexibility index (Phi) is 10.4. The van der Waals surface area contributed by atoms with Crippen molar-refractivity contribution in [2.24, 2.45) is 11.8 Å². The fourth-order valence-electron chi connectivity index (χ4n) is 6.12. The number of fused-ring (bicyclic) bond motifs is 1. The first-order chi connectivity index (χ1) is 19.2. The summed E-state index contributed by atoms with van der Waals surface area (Å²) in [5.41, 5.74) is 2.01. The second-order valence-corrected chi connectivity index (χ2v) is 10.9. The Hall–Kier alpha value is -3.13. The van der Waals surface area contributed by atoms with Crippen LogP contribution in [-0.2, 0) is 23.8 Å². The molecule has 1 aliphatic heterocycles. The number of halogens is 3. The molecular weight excluding hydrogens is 517 g/mol. The number of benzene rings is 2. The number of likely N-dealkylation sites (tertiary alicyclic amines) is 1. The topological polar surface area (TPSA) is 62.7 Å². The predicted molar refractivity (Wildman–Crippen MR) is 151 cm³/mol. The smallest absolute Gasteiger partial charge is 0.416 e. The molecule has 0 aliphatic carbocycles. The molecule has 0 spiro atoms. The number of carboxylic acids is 1. The second kappa shape index (κ2) is 14.0. The summed E-state index contributed by atoms with van der Waals surface area (Å²) in [7, 11) is 1.66. The van der Waals surface area contributed by atoms with Crippen LogP contribution in [0.5, 0.6) is 5.75 Å². The number of nitrogens with zero attached hydrogens (tertiary/aromatic N) is 2. The van der Waals surface area contributed by atoms with E-state index >= 15 is 0 Å². The first-order valence-corrected chi connectivity index (χ1v) is 14.3. The summed E-state index contributed by atoms with van der Waals surface area (Å²) in [5.74, 6) is 0.825. The van der Waals surface area contributed by atoms with Gasteiger partial charge in [0.25, 0.3) is 0 Å². The van der Waals surface area contributed by atoms with E-state index < -0.39 is 17.7 Å². The number of ether oxygens (including phenoxy) is 1. The number of alkyl halides is 3. The molecule has 216 valence electrons. The molecule has 40 heavy (non-hydrogen) atoms. The lowest BCUT2D eigenvalue weighted by Crippen LogP contribution is -2.41. The standard InChI is InChI=1S/C32H39F3N2O3/c1-40-27-13-14-30-28(21-27)24(16-18-36-30)10-6-9-23-17-20-37(22-26(23)12-15-31(38)39)19-5-4-8-25-7-2-3-11-29(25)32(33,34)35/h2-3,7,11,13-14,16,18,21,23,26H,4-6,8-10,12,15,17,19-20,22H2,1H3,(H,38,39)/t23-,26+/m1/s1. The van der Waals surface area contributed by atoms with Gasteiger partial charge in [-0.3, -0.25) is 9.78 Å². The molecule has 4 rings (SSSR count). The van der Waals surface area contributed by atoms with Crippen molar-refractivity contribution in [1.82, 2.24) is 9.88 Å². The molecular formula is C32H39F3N2O3. The van der Waals surface area contributed by atoms with Crippen molar-refractivity contribution in [2.45, 2.75) is 64.0 Å². The Morgan fingerprint density at radius 3 is 2.60 bits per heavy atom. The first-order valence-electron chi connectivity index (χ1n) is 14.3. The monoisotopic (exact) mass is 556 g/mol. The number of rotatable bonds is 13. The summed E-state index contributed by atoms with van der Waals surface area (Å²) in [6.45, 7) is 2.63. The molecule has 0 bridgehead atoms. The van der Waals surface area contributed by atoms with E-state index in [0.29, 0.717) is 36.7 Å². The summed E-state index contributed by atoms with van der Waals surface area (Å²) in [4.78, 5) is 18.2. The van der Waals surface area contributed by atoms with E-state index in [0.717, 1.165) is 74.5 Å². The number of methoxy groups -OCH3 is 1. The number of unbranched alkanes of at least 4 members (excludes halogenated alkanes) is 1. The SMILES string of the molecule is COc1ccc2nccc(CCC[C@@H]3CCN(CCCCc4ccccc4C(F)(F)F)C[C@@H]3CCC(=O)O)c2c1. The van der Waals surface area contributed by atoms with E-state index in [2.05, 4.69) is 16.0 Å². The number of aliphatic carboxylic acids is 1. The Morgan fingerprint density at radius 1 is 1.02 bits per heavy atom. The molecule has 3 aromatic rings. The average Bonchev–Trinajstić information content (AvgIpc) is 2.94. The van der Waals surface area contributed by atoms with Crippen molar-refractivity contribution in [3.05, 3.63) is 71.4 Å². The van der Waals surface area contributed by atoms with Gasteiger partial charge >= 0.3 is 12.1 Å². The normalized spacial score (nSPS) is 18.2. The number of aromatic nitrogens is 1. The minimum atomic E-state index is -4.33. The predicted octanol–water partition coefficient (Wildman–Crippen LogP) is 7.41. The van der Waals surface area contributed by atoms with Gasteiger partial charge in [0.1, 0.15) is 5.75 Å². The third-order valence-electron chi connectivity index (χ3n) is 8.26. The highest BCUT2D eigenvalue weighted by Crippen LogP contribution is 2.34. The van der Waals surface area contributed by atoms with Crippen LogP contribution in [0.4, 0.5) is 13.2 Å². The molecule has 0 amide bonds.